The highest BCUT2D eigenvalue weighted by Crippen LogP contribution is 2.32. The molecule has 0 amide bonds. The molecular formula is C12H15N2O2-. The summed E-state index contributed by atoms with van der Waals surface area (Å²) in [7, 11) is 0. The van der Waals surface area contributed by atoms with Crippen molar-refractivity contribution in [3.05, 3.63) is 34.3 Å². The first-order valence-electron chi connectivity index (χ1n) is 5.94. The van der Waals surface area contributed by atoms with Gasteiger partial charge in [-0.25, -0.2) is 0 Å². The summed E-state index contributed by atoms with van der Waals surface area (Å²) in [5, 5.41) is 25.5. The Hall–Kier alpha value is -1.13. The van der Waals surface area contributed by atoms with Crippen LogP contribution in [0.4, 0.5) is 0 Å². The van der Waals surface area contributed by atoms with Crippen molar-refractivity contribution in [3.8, 4) is 0 Å². The minimum Gasteiger partial charge on any atom is -0.784 e. The van der Waals surface area contributed by atoms with Crippen molar-refractivity contribution in [2.75, 3.05) is 0 Å². The monoisotopic (exact) mass is 219 g/mol. The van der Waals surface area contributed by atoms with Crippen LogP contribution >= 0.6 is 0 Å². The molecule has 86 valence electrons. The summed E-state index contributed by atoms with van der Waals surface area (Å²) >= 11 is 0. The highest BCUT2D eigenvalue weighted by Gasteiger charge is 2.40. The maximum Gasteiger partial charge on any atom is 0.209 e. The van der Waals surface area contributed by atoms with Crippen LogP contribution in [0.25, 0.3) is 0 Å². The summed E-state index contributed by atoms with van der Waals surface area (Å²) in [5.74, 6) is 0. The maximum absolute atomic E-state index is 12.2. The summed E-state index contributed by atoms with van der Waals surface area (Å²) in [5.41, 5.74) is 1.41. The number of hydroxylamine groups is 3. The molecule has 0 spiro atoms. The second kappa shape index (κ2) is 3.71. The standard InChI is InChI=1S/C12H15N2O2/c15-13-9-5-1-2-6-10(9)14(16)12-8-4-3-7-11(12)13/h1-2,5,10,12H,3-4,6-8H2/q-1. The summed E-state index contributed by atoms with van der Waals surface area (Å²) in [6.07, 6.45) is 9.98. The van der Waals surface area contributed by atoms with Crippen LogP contribution in [0, 0.1) is 10.4 Å². The lowest BCUT2D eigenvalue weighted by Crippen LogP contribution is -2.54. The van der Waals surface area contributed by atoms with Crippen molar-refractivity contribution >= 4 is 5.71 Å². The van der Waals surface area contributed by atoms with Gasteiger partial charge in [0.1, 0.15) is 0 Å². The zero-order valence-electron chi connectivity index (χ0n) is 9.13. The first kappa shape index (κ1) is 10.1. The van der Waals surface area contributed by atoms with Gasteiger partial charge in [-0.05, 0) is 19.3 Å². The third-order valence-electron chi connectivity index (χ3n) is 3.76. The Morgan fingerprint density at radius 2 is 2.19 bits per heavy atom. The molecule has 2 unspecified atom stereocenters. The molecule has 0 aromatic carbocycles. The van der Waals surface area contributed by atoms with Crippen molar-refractivity contribution < 1.29 is 4.74 Å². The molecular weight excluding hydrogens is 204 g/mol. The van der Waals surface area contributed by atoms with Crippen LogP contribution in [-0.2, 0) is 0 Å². The molecule has 1 fully saturated rings. The number of hydrogen-bond donors (Lipinski definition) is 0. The Morgan fingerprint density at radius 3 is 3.06 bits per heavy atom. The van der Waals surface area contributed by atoms with Gasteiger partial charge in [0.15, 0.2) is 5.71 Å². The topological polar surface area (TPSA) is 52.4 Å². The maximum atomic E-state index is 12.2. The molecule has 4 heteroatoms. The molecule has 0 aromatic rings. The number of fused-ring (bicyclic) bond motifs is 2. The first-order valence-corrected chi connectivity index (χ1v) is 5.94. The minimum absolute atomic E-state index is 0.167. The average Bonchev–Trinajstić information content (AvgIpc) is 2.36. The lowest BCUT2D eigenvalue weighted by Gasteiger charge is -2.47. The van der Waals surface area contributed by atoms with E-state index in [9.17, 15) is 10.4 Å². The van der Waals surface area contributed by atoms with Crippen molar-refractivity contribution in [3.63, 3.8) is 0 Å². The molecule has 0 bridgehead atoms. The Balaban J connectivity index is 2.06. The predicted octanol–water partition coefficient (Wildman–Crippen LogP) is 1.91. The fraction of sp³-hybridized carbons (Fsp3) is 0.583. The minimum atomic E-state index is -0.255. The van der Waals surface area contributed by atoms with Crippen molar-refractivity contribution in [2.45, 2.75) is 44.2 Å². The van der Waals surface area contributed by atoms with Gasteiger partial charge < -0.3 is 15.5 Å². The van der Waals surface area contributed by atoms with Crippen LogP contribution in [0.5, 0.6) is 0 Å². The van der Waals surface area contributed by atoms with Crippen LogP contribution in [0.1, 0.15) is 32.1 Å². The largest absolute Gasteiger partial charge is 0.784 e. The van der Waals surface area contributed by atoms with E-state index in [0.29, 0.717) is 12.1 Å². The molecule has 0 aromatic heterocycles. The summed E-state index contributed by atoms with van der Waals surface area (Å²) in [6, 6.07) is -0.422. The van der Waals surface area contributed by atoms with E-state index in [2.05, 4.69) is 0 Å². The molecule has 1 saturated carbocycles. The normalized spacial score (nSPS) is 34.4. The van der Waals surface area contributed by atoms with E-state index in [0.717, 1.165) is 41.2 Å². The lowest BCUT2D eigenvalue weighted by molar-refractivity contribution is -0.423. The van der Waals surface area contributed by atoms with E-state index in [1.807, 2.05) is 12.2 Å². The van der Waals surface area contributed by atoms with Crippen molar-refractivity contribution in [2.24, 2.45) is 0 Å². The summed E-state index contributed by atoms with van der Waals surface area (Å²) in [6.45, 7) is 0. The average molecular weight is 219 g/mol. The molecule has 3 aliphatic rings. The molecule has 3 rings (SSSR count). The Morgan fingerprint density at radius 1 is 1.31 bits per heavy atom. The van der Waals surface area contributed by atoms with E-state index in [4.69, 9.17) is 0 Å². The van der Waals surface area contributed by atoms with Gasteiger partial charge in [0.2, 0.25) is 5.70 Å². The highest BCUT2D eigenvalue weighted by atomic mass is 16.5. The van der Waals surface area contributed by atoms with Gasteiger partial charge in [-0.3, -0.25) is 0 Å². The fourth-order valence-corrected chi connectivity index (χ4v) is 2.91. The van der Waals surface area contributed by atoms with Crippen LogP contribution in [0.2, 0.25) is 0 Å². The molecule has 2 aliphatic carbocycles. The molecule has 0 radical (unpaired) electrons. The van der Waals surface area contributed by atoms with Crippen molar-refractivity contribution in [1.29, 1.82) is 0 Å². The first-order chi connectivity index (χ1) is 7.79. The molecule has 2 atom stereocenters. The molecule has 0 N–H and O–H groups in total. The summed E-state index contributed by atoms with van der Waals surface area (Å²) in [4.78, 5) is 0. The predicted molar refractivity (Wildman–Crippen MR) is 61.7 cm³/mol. The van der Waals surface area contributed by atoms with E-state index in [1.54, 1.807) is 6.08 Å². The highest BCUT2D eigenvalue weighted by molar-refractivity contribution is 5.87. The Bertz CT molecular complexity index is 398. The second-order valence-corrected chi connectivity index (χ2v) is 4.68. The third-order valence-corrected chi connectivity index (χ3v) is 3.76. The molecule has 0 saturated heterocycles. The number of nitrogens with zero attached hydrogens (tertiary/aromatic N) is 2. The Labute approximate surface area is 94.7 Å². The quantitative estimate of drug-likeness (QED) is 0.462. The van der Waals surface area contributed by atoms with Crippen molar-refractivity contribution in [1.82, 2.24) is 5.06 Å². The van der Waals surface area contributed by atoms with Gasteiger partial charge in [-0.2, -0.15) is 4.74 Å². The van der Waals surface area contributed by atoms with Gasteiger partial charge >= 0.3 is 0 Å². The Kier molecular flexibility index (Phi) is 2.33. The lowest BCUT2D eigenvalue weighted by atomic mass is 9.88. The molecule has 1 heterocycles. The molecule has 1 aliphatic heterocycles. The fourth-order valence-electron chi connectivity index (χ4n) is 2.91. The zero-order chi connectivity index (χ0) is 11.1. The van der Waals surface area contributed by atoms with Gasteiger partial charge in [0.05, 0.1) is 12.1 Å². The molecule has 16 heavy (non-hydrogen) atoms. The zero-order valence-corrected chi connectivity index (χ0v) is 9.13. The number of allylic oxidation sites excluding steroid dienone is 2. The van der Waals surface area contributed by atoms with Gasteiger partial charge in [0.25, 0.3) is 0 Å². The van der Waals surface area contributed by atoms with Gasteiger partial charge in [-0.1, -0.05) is 18.6 Å². The number of hydrogen-bond acceptors (Lipinski definition) is 3. The third kappa shape index (κ3) is 1.33. The SMILES string of the molecule is [O-]N1C2CC=CC=C2[N+]([O-])=C2CCCCC21. The summed E-state index contributed by atoms with van der Waals surface area (Å²) < 4.78 is 1.03. The molecule has 4 nitrogen and oxygen atoms in total. The van der Waals surface area contributed by atoms with Gasteiger partial charge in [0, 0.05) is 12.5 Å². The number of rotatable bonds is 0. The van der Waals surface area contributed by atoms with Crippen LogP contribution in [-0.4, -0.2) is 27.6 Å². The van der Waals surface area contributed by atoms with E-state index in [-0.39, 0.29) is 12.1 Å². The van der Waals surface area contributed by atoms with E-state index in [1.165, 1.54) is 0 Å². The van der Waals surface area contributed by atoms with Gasteiger partial charge in [-0.15, -0.1) is 0 Å². The second-order valence-electron chi connectivity index (χ2n) is 4.68. The smallest absolute Gasteiger partial charge is 0.209 e. The van der Waals surface area contributed by atoms with Crippen LogP contribution in [0.3, 0.4) is 0 Å². The van der Waals surface area contributed by atoms with E-state index < -0.39 is 0 Å². The van der Waals surface area contributed by atoms with Crippen LogP contribution in [0.15, 0.2) is 23.9 Å². The van der Waals surface area contributed by atoms with Crippen LogP contribution < -0.4 is 0 Å². The van der Waals surface area contributed by atoms with E-state index >= 15 is 0 Å².